The third kappa shape index (κ3) is 14.1. The molecule has 23 heteroatoms. The van der Waals surface area contributed by atoms with Crippen molar-refractivity contribution >= 4 is 80.4 Å². The maximum atomic E-state index is 10.9. The van der Waals surface area contributed by atoms with Gasteiger partial charge in [-0.05, 0) is 162 Å². The van der Waals surface area contributed by atoms with Crippen molar-refractivity contribution in [2.24, 2.45) is 41.4 Å². The van der Waals surface area contributed by atoms with Gasteiger partial charge in [-0.2, -0.15) is 20.7 Å². The van der Waals surface area contributed by atoms with Crippen LogP contribution in [-0.4, -0.2) is 186 Å². The summed E-state index contributed by atoms with van der Waals surface area (Å²) in [5.41, 5.74) is 3.94. The first kappa shape index (κ1) is 61.6. The zero-order chi connectivity index (χ0) is 59.6. The summed E-state index contributed by atoms with van der Waals surface area (Å²) in [4.78, 5) is 32.0. The molecule has 4 aromatic heterocycles. The number of hydrogen-bond acceptors (Lipinski definition) is 17. The minimum absolute atomic E-state index is 0.127. The van der Waals surface area contributed by atoms with Gasteiger partial charge in [-0.3, -0.25) is 0 Å². The molecule has 85 heavy (non-hydrogen) atoms. The van der Waals surface area contributed by atoms with Gasteiger partial charge in [-0.15, -0.1) is 0 Å². The number of hydrogen-bond donors (Lipinski definition) is 4. The van der Waals surface area contributed by atoms with Gasteiger partial charge in [0.25, 0.3) is 0 Å². The Kier molecular flexibility index (Phi) is 19.7. The van der Waals surface area contributed by atoms with Crippen LogP contribution in [0, 0.1) is 64.1 Å². The summed E-state index contributed by atoms with van der Waals surface area (Å²) in [6.07, 6.45) is 8.57. The van der Waals surface area contributed by atoms with E-state index in [1.165, 1.54) is 6.42 Å². The van der Waals surface area contributed by atoms with Gasteiger partial charge in [-0.25, -0.2) is 29.3 Å². The molecule has 5 aliphatic rings. The molecule has 2 unspecified atom stereocenters. The van der Waals surface area contributed by atoms with Crippen molar-refractivity contribution < 1.29 is 15.3 Å². The second kappa shape index (κ2) is 27.2. The summed E-state index contributed by atoms with van der Waals surface area (Å²) in [5, 5.41) is 67.9. The number of benzene rings is 2. The van der Waals surface area contributed by atoms with E-state index in [4.69, 9.17) is 76.5 Å². The zero-order valence-corrected chi connectivity index (χ0v) is 52.2. The SMILES string of the molecule is CCC(C[C@H](c1ccc(Cl)cc1Cl)n1nc(C#N)c2ncc(N3CC([C@H]4CC(C[C@H](c5ccc(Cl)cc5Cl)n5nc(C#N)c6ncc(N7CC([C@@H]8CCCN(C[C@H](C)O)C8)C7)nc65)CN(C[C@H](C)O)C4)C3)nc21)CN(CCC1CNC1)C[C@@H](C)O. The first-order chi connectivity index (χ1) is 41.0. The third-order valence-electron chi connectivity index (χ3n) is 18.7. The Hall–Kier alpha value is -5.00. The summed E-state index contributed by atoms with van der Waals surface area (Å²) in [5.74, 6) is 4.01. The van der Waals surface area contributed by atoms with Crippen LogP contribution in [0.25, 0.3) is 22.3 Å². The first-order valence-electron chi connectivity index (χ1n) is 30.6. The van der Waals surface area contributed by atoms with Gasteiger partial charge in [0.05, 0.1) is 42.8 Å². The van der Waals surface area contributed by atoms with E-state index in [9.17, 15) is 25.8 Å². The molecule has 9 heterocycles. The molecule has 11 rings (SSSR count). The molecule has 454 valence electrons. The van der Waals surface area contributed by atoms with Gasteiger partial charge in [0, 0.05) is 92.1 Å². The van der Waals surface area contributed by atoms with Crippen LogP contribution in [-0.2, 0) is 0 Å². The number of aliphatic hydroxyl groups is 3. The number of fused-ring (bicyclic) bond motifs is 2. The predicted molar refractivity (Wildman–Crippen MR) is 333 cm³/mol. The number of nitrogens with zero attached hydrogens (tertiary/aromatic N) is 15. The molecule has 0 bridgehead atoms. The van der Waals surface area contributed by atoms with Gasteiger partial charge in [0.15, 0.2) is 22.7 Å². The highest BCUT2D eigenvalue weighted by Gasteiger charge is 2.42. The molecular weight excluding hydrogens is 1160 g/mol. The van der Waals surface area contributed by atoms with Gasteiger partial charge in [-0.1, -0.05) is 71.9 Å². The quantitative estimate of drug-likeness (QED) is 0.0445. The second-order valence-electron chi connectivity index (χ2n) is 25.4. The minimum Gasteiger partial charge on any atom is -0.392 e. The van der Waals surface area contributed by atoms with E-state index < -0.39 is 24.3 Å². The number of nitriles is 2. The number of anilines is 2. The molecule has 5 saturated heterocycles. The Bertz CT molecular complexity index is 3370. The molecule has 0 radical (unpaired) electrons. The molecule has 2 aromatic carbocycles. The van der Waals surface area contributed by atoms with Crippen LogP contribution in [0.1, 0.15) is 107 Å². The van der Waals surface area contributed by atoms with Crippen LogP contribution in [0.5, 0.6) is 0 Å². The number of piperidine rings is 2. The number of rotatable bonds is 24. The number of aromatic nitrogens is 8. The molecule has 5 fully saturated rings. The lowest BCUT2D eigenvalue weighted by molar-refractivity contribution is 0.0408. The number of nitrogens with one attached hydrogen (secondary N) is 1. The summed E-state index contributed by atoms with van der Waals surface area (Å²) >= 11 is 27.3. The lowest BCUT2D eigenvalue weighted by atomic mass is 9.75. The molecule has 0 spiro atoms. The third-order valence-corrected chi connectivity index (χ3v) is 19.8. The molecule has 0 amide bonds. The Morgan fingerprint density at radius 1 is 0.671 bits per heavy atom. The van der Waals surface area contributed by atoms with Crippen molar-refractivity contribution in [3.05, 3.63) is 91.4 Å². The van der Waals surface area contributed by atoms with Crippen LogP contribution in [0.4, 0.5) is 11.6 Å². The van der Waals surface area contributed by atoms with E-state index >= 15 is 0 Å². The molecular formula is C62H80Cl4N16O3. The van der Waals surface area contributed by atoms with Crippen LogP contribution < -0.4 is 15.1 Å². The fourth-order valence-corrected chi connectivity index (χ4v) is 15.3. The zero-order valence-electron chi connectivity index (χ0n) is 49.2. The largest absolute Gasteiger partial charge is 0.392 e. The summed E-state index contributed by atoms with van der Waals surface area (Å²) in [6.45, 7) is 20.0. The van der Waals surface area contributed by atoms with E-state index in [-0.39, 0.29) is 35.2 Å². The maximum absolute atomic E-state index is 10.9. The molecule has 6 aromatic rings. The van der Waals surface area contributed by atoms with E-state index in [2.05, 4.69) is 48.9 Å². The highest BCUT2D eigenvalue weighted by molar-refractivity contribution is 6.35. The standard InChI is InChI=1S/C62H80Cl4N16O3/c1-5-40(29-77(27-38(3)84)14-12-41-22-69-23-41)16-55(49-10-8-47(63)18-51(49)65)81-61-59(53(20-67)74-81)71-25-58(73-61)80-35-46(36-80)44-15-42(30-78(32-44)28-39(4)85)17-56(50-11-9-48(64)19-52(50)66)82-62-60(54(21-68)75-82)70-24-57(72-62)79-33-45(34-79)43-7-6-13-76(31-43)26-37(2)83/h8-11,18-19,24-25,37-46,55-56,69,83-85H,5-7,12-17,22-23,26-36H2,1-4H3/t37-,38+,39-,40?,42?,43+,44-,55+,56+/m0/s1. The summed E-state index contributed by atoms with van der Waals surface area (Å²) in [7, 11) is 0. The summed E-state index contributed by atoms with van der Waals surface area (Å²) in [6, 6.07) is 14.9. The fourth-order valence-electron chi connectivity index (χ4n) is 14.3. The molecule has 4 N–H and O–H groups in total. The van der Waals surface area contributed by atoms with Gasteiger partial charge < -0.3 is 45.1 Å². The van der Waals surface area contributed by atoms with Crippen molar-refractivity contribution in [3.8, 4) is 12.1 Å². The predicted octanol–water partition coefficient (Wildman–Crippen LogP) is 8.58. The van der Waals surface area contributed by atoms with Crippen LogP contribution in [0.2, 0.25) is 20.1 Å². The Morgan fingerprint density at radius 3 is 1.75 bits per heavy atom. The number of halogens is 4. The fraction of sp³-hybridized carbons (Fsp3) is 0.613. The molecule has 19 nitrogen and oxygen atoms in total. The normalized spacial score (nSPS) is 22.4. The van der Waals surface area contributed by atoms with Crippen molar-refractivity contribution in [3.63, 3.8) is 0 Å². The smallest absolute Gasteiger partial charge is 0.190 e. The van der Waals surface area contributed by atoms with E-state index in [0.29, 0.717) is 104 Å². The van der Waals surface area contributed by atoms with E-state index in [0.717, 1.165) is 121 Å². The van der Waals surface area contributed by atoms with Gasteiger partial charge in [0.1, 0.15) is 34.8 Å². The average Bonchev–Trinajstić information content (AvgIpc) is 3.79. The highest BCUT2D eigenvalue weighted by Crippen LogP contribution is 2.43. The van der Waals surface area contributed by atoms with Crippen LogP contribution in [0.15, 0.2) is 48.8 Å². The van der Waals surface area contributed by atoms with Gasteiger partial charge >= 0.3 is 0 Å². The Morgan fingerprint density at radius 2 is 1.22 bits per heavy atom. The number of β-amino-alcohol motifs (C(OH)–C–C–N with tert-alkyl or cyclic N) is 2. The van der Waals surface area contributed by atoms with Crippen molar-refractivity contribution in [2.75, 3.05) is 108 Å². The minimum atomic E-state index is -0.537. The molecule has 5 aliphatic heterocycles. The van der Waals surface area contributed by atoms with Crippen molar-refractivity contribution in [1.29, 1.82) is 10.5 Å². The maximum Gasteiger partial charge on any atom is 0.190 e. The molecule has 0 aliphatic carbocycles. The van der Waals surface area contributed by atoms with E-state index in [1.54, 1.807) is 24.5 Å². The van der Waals surface area contributed by atoms with Crippen molar-refractivity contribution in [2.45, 2.75) is 103 Å². The number of likely N-dealkylation sites (tertiary alicyclic amines) is 2. The van der Waals surface area contributed by atoms with Crippen molar-refractivity contribution in [1.82, 2.24) is 59.5 Å². The second-order valence-corrected chi connectivity index (χ2v) is 27.1. The monoisotopic (exact) mass is 1240 g/mol. The topological polar surface area (TPSA) is 224 Å². The molecule has 0 saturated carbocycles. The van der Waals surface area contributed by atoms with Crippen LogP contribution >= 0.6 is 46.4 Å². The highest BCUT2D eigenvalue weighted by atomic mass is 35.5. The van der Waals surface area contributed by atoms with Gasteiger partial charge in [0.2, 0.25) is 0 Å². The summed E-state index contributed by atoms with van der Waals surface area (Å²) < 4.78 is 3.72. The Balaban J connectivity index is 0.842. The van der Waals surface area contributed by atoms with E-state index in [1.807, 2.05) is 54.4 Å². The Labute approximate surface area is 518 Å². The average molecular weight is 1240 g/mol. The molecule has 9 atom stereocenters. The van der Waals surface area contributed by atoms with Crippen LogP contribution in [0.3, 0.4) is 0 Å². The lowest BCUT2D eigenvalue weighted by Gasteiger charge is -2.49. The first-order valence-corrected chi connectivity index (χ1v) is 32.1. The lowest BCUT2D eigenvalue weighted by Crippen LogP contribution is -2.55. The number of aliphatic hydroxyl groups excluding tert-OH is 3.